The first-order valence-corrected chi connectivity index (χ1v) is 13.7. The fraction of sp³-hybridized carbons (Fsp3) is 0.294. The third-order valence-electron chi connectivity index (χ3n) is 7.61. The lowest BCUT2D eigenvalue weighted by atomic mass is 10.0. The van der Waals surface area contributed by atoms with Gasteiger partial charge in [0.05, 0.1) is 16.7 Å². The Morgan fingerprint density at radius 1 is 0.667 bits per heavy atom. The molecule has 5 rings (SSSR count). The smallest absolute Gasteiger partial charge is 0.144 e. The molecule has 5 aromatic rings. The Morgan fingerprint density at radius 3 is 1.90 bits per heavy atom. The summed E-state index contributed by atoms with van der Waals surface area (Å²) in [7, 11) is 4.16. The van der Waals surface area contributed by atoms with E-state index in [1.54, 1.807) is 0 Å². The normalized spacial score (nSPS) is 11.9. The van der Waals surface area contributed by atoms with Crippen LogP contribution in [0.1, 0.15) is 27.8 Å². The van der Waals surface area contributed by atoms with Gasteiger partial charge in [0.1, 0.15) is 11.5 Å². The zero-order valence-corrected chi connectivity index (χ0v) is 23.7. The molecule has 0 aliphatic carbocycles. The van der Waals surface area contributed by atoms with E-state index in [1.807, 2.05) is 13.0 Å². The molecular formula is C34H39N3O2. The van der Waals surface area contributed by atoms with Crippen molar-refractivity contribution in [3.63, 3.8) is 0 Å². The summed E-state index contributed by atoms with van der Waals surface area (Å²) in [6.45, 7) is 9.29. The zero-order valence-electron chi connectivity index (χ0n) is 23.7. The Hall–Kier alpha value is -3.80. The molecular weight excluding hydrogens is 482 g/mol. The monoisotopic (exact) mass is 521 g/mol. The van der Waals surface area contributed by atoms with Gasteiger partial charge in [0.25, 0.3) is 0 Å². The highest BCUT2D eigenvalue weighted by Crippen LogP contribution is 2.37. The van der Waals surface area contributed by atoms with Crippen LogP contribution in [0.5, 0.6) is 11.5 Å². The maximum Gasteiger partial charge on any atom is 0.144 e. The van der Waals surface area contributed by atoms with Crippen molar-refractivity contribution in [2.75, 3.05) is 33.7 Å². The molecule has 0 bridgehead atoms. The van der Waals surface area contributed by atoms with E-state index in [0.717, 1.165) is 70.6 Å². The van der Waals surface area contributed by atoms with Crippen LogP contribution < -0.4 is 0 Å². The minimum absolute atomic E-state index is 0.316. The number of aryl methyl sites for hydroxylation is 3. The number of phenols is 2. The van der Waals surface area contributed by atoms with Gasteiger partial charge in [-0.2, -0.15) is 0 Å². The van der Waals surface area contributed by atoms with Gasteiger partial charge >= 0.3 is 0 Å². The quantitative estimate of drug-likeness (QED) is 0.226. The number of fused-ring (bicyclic) bond motifs is 3. The highest BCUT2D eigenvalue weighted by atomic mass is 16.3. The fourth-order valence-corrected chi connectivity index (χ4v) is 5.68. The fourth-order valence-electron chi connectivity index (χ4n) is 5.68. The number of hydrogen-bond acceptors (Lipinski definition) is 4. The Kier molecular flexibility index (Phi) is 7.65. The van der Waals surface area contributed by atoms with E-state index >= 15 is 0 Å². The molecule has 1 aromatic heterocycles. The summed E-state index contributed by atoms with van der Waals surface area (Å²) >= 11 is 0. The number of phenolic OH excluding ortho intramolecular Hbond substituents is 2. The zero-order chi connectivity index (χ0) is 27.7. The number of aromatic hydroxyl groups is 2. The lowest BCUT2D eigenvalue weighted by Gasteiger charge is -2.26. The molecule has 0 radical (unpaired) electrons. The van der Waals surface area contributed by atoms with Gasteiger partial charge in [-0.3, -0.25) is 4.90 Å². The topological polar surface area (TPSA) is 51.9 Å². The van der Waals surface area contributed by atoms with Crippen molar-refractivity contribution in [3.05, 3.63) is 101 Å². The van der Waals surface area contributed by atoms with E-state index in [9.17, 15) is 10.2 Å². The molecule has 0 aliphatic rings. The molecule has 5 heteroatoms. The molecule has 0 unspecified atom stereocenters. The lowest BCUT2D eigenvalue weighted by molar-refractivity contribution is 0.233. The predicted octanol–water partition coefficient (Wildman–Crippen LogP) is 6.73. The first kappa shape index (κ1) is 26.8. The van der Waals surface area contributed by atoms with E-state index in [1.165, 1.54) is 10.8 Å². The van der Waals surface area contributed by atoms with Gasteiger partial charge in [-0.15, -0.1) is 0 Å². The Balaban J connectivity index is 1.52. The van der Waals surface area contributed by atoms with Crippen molar-refractivity contribution >= 4 is 21.8 Å². The van der Waals surface area contributed by atoms with Crippen LogP contribution >= 0.6 is 0 Å². The summed E-state index contributed by atoms with van der Waals surface area (Å²) in [6, 6.07) is 25.1. The van der Waals surface area contributed by atoms with Gasteiger partial charge in [0.2, 0.25) is 0 Å². The van der Waals surface area contributed by atoms with Crippen LogP contribution in [0.4, 0.5) is 0 Å². The van der Waals surface area contributed by atoms with E-state index in [-0.39, 0.29) is 0 Å². The molecule has 0 atom stereocenters. The van der Waals surface area contributed by atoms with E-state index in [2.05, 4.69) is 109 Å². The second-order valence-electron chi connectivity index (χ2n) is 11.1. The molecule has 0 saturated heterocycles. The molecule has 4 aromatic carbocycles. The average molecular weight is 522 g/mol. The number of benzene rings is 4. The molecule has 1 heterocycles. The van der Waals surface area contributed by atoms with Crippen LogP contribution in [0.2, 0.25) is 0 Å². The molecule has 0 amide bonds. The largest absolute Gasteiger partial charge is 0.507 e. The van der Waals surface area contributed by atoms with Gasteiger partial charge in [-0.1, -0.05) is 60.2 Å². The number of rotatable bonds is 9. The summed E-state index contributed by atoms with van der Waals surface area (Å²) in [5, 5.41) is 24.8. The second kappa shape index (κ2) is 11.1. The van der Waals surface area contributed by atoms with E-state index in [4.69, 9.17) is 0 Å². The standard InChI is InChI=1S/C34H39N3O2/c1-23-18-25(3)33(38)26(19-23)14-15-36(17-16-35(4)5)22-27-20-24(2)21-32(34(27)39)37-30-12-8-6-10-28(30)29-11-7-9-13-31(29)37/h6-13,18-21,38-39H,14-17,22H2,1-5H3. The van der Waals surface area contributed by atoms with Crippen LogP contribution in [-0.4, -0.2) is 58.3 Å². The number of aromatic nitrogens is 1. The van der Waals surface area contributed by atoms with E-state index < -0.39 is 0 Å². The number of nitrogens with zero attached hydrogens (tertiary/aromatic N) is 3. The summed E-state index contributed by atoms with van der Waals surface area (Å²) in [5.41, 5.74) is 8.04. The highest BCUT2D eigenvalue weighted by molar-refractivity contribution is 6.09. The van der Waals surface area contributed by atoms with Crippen LogP contribution in [0, 0.1) is 20.8 Å². The van der Waals surface area contributed by atoms with Gasteiger partial charge in [-0.25, -0.2) is 0 Å². The molecule has 5 nitrogen and oxygen atoms in total. The summed E-state index contributed by atoms with van der Waals surface area (Å²) in [4.78, 5) is 4.56. The first-order chi connectivity index (χ1) is 18.7. The van der Waals surface area contributed by atoms with Crippen molar-refractivity contribution < 1.29 is 10.2 Å². The Morgan fingerprint density at radius 2 is 1.26 bits per heavy atom. The molecule has 202 valence electrons. The number of likely N-dealkylation sites (N-methyl/N-ethyl adjacent to an activating group) is 1. The van der Waals surface area contributed by atoms with Gasteiger partial charge in [0, 0.05) is 42.5 Å². The van der Waals surface area contributed by atoms with Crippen LogP contribution in [-0.2, 0) is 13.0 Å². The maximum atomic E-state index is 11.7. The van der Waals surface area contributed by atoms with Gasteiger partial charge in [0.15, 0.2) is 0 Å². The molecule has 2 N–H and O–H groups in total. The second-order valence-corrected chi connectivity index (χ2v) is 11.1. The Labute approximate surface area is 231 Å². The Bertz CT molecular complexity index is 1580. The van der Waals surface area contributed by atoms with Crippen molar-refractivity contribution in [2.45, 2.75) is 33.7 Å². The van der Waals surface area contributed by atoms with Crippen LogP contribution in [0.25, 0.3) is 27.5 Å². The third-order valence-corrected chi connectivity index (χ3v) is 7.61. The highest BCUT2D eigenvalue weighted by Gasteiger charge is 2.19. The van der Waals surface area contributed by atoms with Crippen LogP contribution in [0.3, 0.4) is 0 Å². The van der Waals surface area contributed by atoms with E-state index in [0.29, 0.717) is 18.0 Å². The summed E-state index contributed by atoms with van der Waals surface area (Å²) < 4.78 is 2.19. The lowest BCUT2D eigenvalue weighted by Crippen LogP contribution is -2.33. The van der Waals surface area contributed by atoms with Crippen molar-refractivity contribution in [2.24, 2.45) is 0 Å². The van der Waals surface area contributed by atoms with Crippen molar-refractivity contribution in [1.29, 1.82) is 0 Å². The minimum Gasteiger partial charge on any atom is -0.507 e. The molecule has 39 heavy (non-hydrogen) atoms. The average Bonchev–Trinajstić information content (AvgIpc) is 3.24. The SMILES string of the molecule is Cc1cc(C)c(O)c(CCN(CCN(C)C)Cc2cc(C)cc(-n3c4ccccc4c4ccccc43)c2O)c1. The molecule has 0 aliphatic heterocycles. The van der Waals surface area contributed by atoms with Gasteiger partial charge < -0.3 is 19.7 Å². The van der Waals surface area contributed by atoms with Crippen molar-refractivity contribution in [3.8, 4) is 17.2 Å². The predicted molar refractivity (Wildman–Crippen MR) is 162 cm³/mol. The maximum absolute atomic E-state index is 11.7. The molecule has 0 spiro atoms. The number of hydrogen-bond donors (Lipinski definition) is 2. The van der Waals surface area contributed by atoms with Crippen LogP contribution in [0.15, 0.2) is 72.8 Å². The number of para-hydroxylation sites is 2. The first-order valence-electron chi connectivity index (χ1n) is 13.7. The third kappa shape index (κ3) is 5.51. The van der Waals surface area contributed by atoms with Crippen molar-refractivity contribution in [1.82, 2.24) is 14.4 Å². The molecule has 0 saturated carbocycles. The minimum atomic E-state index is 0.316. The summed E-state index contributed by atoms with van der Waals surface area (Å²) in [6.07, 6.45) is 0.744. The van der Waals surface area contributed by atoms with Gasteiger partial charge in [-0.05, 0) is 76.2 Å². The molecule has 0 fully saturated rings. The summed E-state index contributed by atoms with van der Waals surface area (Å²) in [5.74, 6) is 0.705.